The molecule has 0 radical (unpaired) electrons. The molecule has 2 heterocycles. The van der Waals surface area contributed by atoms with Gasteiger partial charge in [0, 0.05) is 36.3 Å². The Labute approximate surface area is 210 Å². The number of rotatable bonds is 7. The molecule has 0 bridgehead atoms. The first kappa shape index (κ1) is 24.8. The SMILES string of the molecule is CC(=O)Nc1ccc(-c2[nH][nH]c(=O)c2C=C=CC=Cc2c(-c3ccc(NC(C)=O)cc3)[nH][nH]c2=O)cc1. The minimum atomic E-state index is -0.308. The summed E-state index contributed by atoms with van der Waals surface area (Å²) in [5.41, 5.74) is 7.16. The molecule has 0 fully saturated rings. The van der Waals surface area contributed by atoms with Gasteiger partial charge in [-0.1, -0.05) is 30.3 Å². The number of hydrogen-bond acceptors (Lipinski definition) is 4. The van der Waals surface area contributed by atoms with E-state index in [2.05, 4.69) is 36.8 Å². The molecule has 0 aliphatic heterocycles. The smallest absolute Gasteiger partial charge is 0.272 e. The van der Waals surface area contributed by atoms with E-state index in [1.165, 1.54) is 13.8 Å². The zero-order chi connectivity index (χ0) is 26.4. The number of H-pyrrole nitrogens is 4. The van der Waals surface area contributed by atoms with Crippen LogP contribution in [0.15, 0.2) is 76.0 Å². The standard InChI is InChI=1S/C27H24N6O4/c1-16(34)28-20-12-8-18(9-13-20)24-22(26(36)32-30-24)6-4-3-5-7-23-25(31-33-27(23)37)19-10-14-21(15-11-19)29-17(2)35/h3-4,6-15H,1-2H3,(H,28,34)(H,29,35)(H2,30,32,36)(H2,31,33,37). The lowest BCUT2D eigenvalue weighted by Crippen LogP contribution is -2.05. The van der Waals surface area contributed by atoms with Crippen LogP contribution in [0.2, 0.25) is 0 Å². The first-order chi connectivity index (χ1) is 17.8. The predicted molar refractivity (Wildman–Crippen MR) is 144 cm³/mol. The van der Waals surface area contributed by atoms with E-state index in [1.54, 1.807) is 72.8 Å². The highest BCUT2D eigenvalue weighted by atomic mass is 16.2. The lowest BCUT2D eigenvalue weighted by Gasteiger charge is -2.04. The molecule has 2 amide bonds. The third kappa shape index (κ3) is 6.02. The van der Waals surface area contributed by atoms with Gasteiger partial charge in [0.2, 0.25) is 11.8 Å². The number of anilines is 2. The van der Waals surface area contributed by atoms with Gasteiger partial charge < -0.3 is 10.6 Å². The molecular formula is C27H24N6O4. The molecule has 37 heavy (non-hydrogen) atoms. The molecule has 186 valence electrons. The molecule has 0 aliphatic rings. The normalized spacial score (nSPS) is 10.6. The van der Waals surface area contributed by atoms with Crippen LogP contribution in [0.4, 0.5) is 11.4 Å². The lowest BCUT2D eigenvalue weighted by molar-refractivity contribution is -0.115. The molecule has 0 unspecified atom stereocenters. The molecule has 0 aliphatic carbocycles. The molecule has 4 rings (SSSR count). The van der Waals surface area contributed by atoms with Crippen molar-refractivity contribution < 1.29 is 9.59 Å². The molecule has 10 nitrogen and oxygen atoms in total. The van der Waals surface area contributed by atoms with Crippen molar-refractivity contribution in [1.82, 2.24) is 20.4 Å². The average Bonchev–Trinajstić information content (AvgIpc) is 3.41. The van der Waals surface area contributed by atoms with E-state index in [9.17, 15) is 19.2 Å². The van der Waals surface area contributed by atoms with Crippen molar-refractivity contribution >= 4 is 35.3 Å². The van der Waals surface area contributed by atoms with E-state index in [4.69, 9.17) is 0 Å². The van der Waals surface area contributed by atoms with Crippen LogP contribution in [0.5, 0.6) is 0 Å². The first-order valence-electron chi connectivity index (χ1n) is 11.3. The van der Waals surface area contributed by atoms with Gasteiger partial charge >= 0.3 is 0 Å². The van der Waals surface area contributed by atoms with Crippen LogP contribution in [0.25, 0.3) is 34.7 Å². The highest BCUT2D eigenvalue weighted by molar-refractivity contribution is 5.89. The van der Waals surface area contributed by atoms with Gasteiger partial charge in [0.25, 0.3) is 11.1 Å². The topological polar surface area (TPSA) is 155 Å². The van der Waals surface area contributed by atoms with Crippen molar-refractivity contribution in [2.24, 2.45) is 0 Å². The van der Waals surface area contributed by atoms with Gasteiger partial charge in [-0.05, 0) is 42.5 Å². The van der Waals surface area contributed by atoms with E-state index < -0.39 is 0 Å². The number of aromatic amines is 4. The van der Waals surface area contributed by atoms with Gasteiger partial charge in [-0.15, -0.1) is 5.73 Å². The van der Waals surface area contributed by atoms with Crippen LogP contribution in [-0.2, 0) is 9.59 Å². The Bertz CT molecular complexity index is 1640. The van der Waals surface area contributed by atoms with Crippen LogP contribution >= 0.6 is 0 Å². The Hall–Kier alpha value is -5.34. The van der Waals surface area contributed by atoms with Gasteiger partial charge in [0.15, 0.2) is 0 Å². The number of amides is 2. The number of nitrogens with one attached hydrogen (secondary N) is 6. The van der Waals surface area contributed by atoms with Crippen molar-refractivity contribution in [3.63, 3.8) is 0 Å². The van der Waals surface area contributed by atoms with Gasteiger partial charge in [-0.2, -0.15) is 0 Å². The largest absolute Gasteiger partial charge is 0.326 e. The number of hydrogen-bond donors (Lipinski definition) is 6. The quantitative estimate of drug-likeness (QED) is 0.170. The molecule has 10 heteroatoms. The fourth-order valence-corrected chi connectivity index (χ4v) is 3.67. The zero-order valence-corrected chi connectivity index (χ0v) is 20.1. The van der Waals surface area contributed by atoms with Crippen LogP contribution in [-0.4, -0.2) is 32.2 Å². The highest BCUT2D eigenvalue weighted by Crippen LogP contribution is 2.23. The van der Waals surface area contributed by atoms with Crippen LogP contribution in [0.1, 0.15) is 25.0 Å². The number of carbonyl (C=O) groups excluding carboxylic acids is 2. The number of aromatic nitrogens is 4. The summed E-state index contributed by atoms with van der Waals surface area (Å²) in [6, 6.07) is 14.1. The van der Waals surface area contributed by atoms with Crippen LogP contribution in [0, 0.1) is 0 Å². The molecule has 4 aromatic rings. The summed E-state index contributed by atoms with van der Waals surface area (Å²) in [7, 11) is 0. The van der Waals surface area contributed by atoms with E-state index in [1.807, 2.05) is 0 Å². The zero-order valence-electron chi connectivity index (χ0n) is 20.1. The fourth-order valence-electron chi connectivity index (χ4n) is 3.67. The third-order valence-electron chi connectivity index (χ3n) is 5.30. The monoisotopic (exact) mass is 496 g/mol. The van der Waals surface area contributed by atoms with Gasteiger partial charge in [-0.25, -0.2) is 0 Å². The minimum absolute atomic E-state index is 0.167. The maximum absolute atomic E-state index is 12.3. The Kier molecular flexibility index (Phi) is 7.32. The van der Waals surface area contributed by atoms with E-state index >= 15 is 0 Å². The number of carbonyl (C=O) groups is 2. The fraction of sp³-hybridized carbons (Fsp3) is 0.0741. The second kappa shape index (κ2) is 10.9. The first-order valence-corrected chi connectivity index (χ1v) is 11.3. The van der Waals surface area contributed by atoms with Crippen molar-refractivity contribution in [3.05, 3.63) is 98.2 Å². The van der Waals surface area contributed by atoms with Crippen molar-refractivity contribution in [1.29, 1.82) is 0 Å². The molecule has 6 N–H and O–H groups in total. The maximum Gasteiger partial charge on any atom is 0.272 e. The summed E-state index contributed by atoms with van der Waals surface area (Å²) in [6.07, 6.45) is 6.41. The Balaban J connectivity index is 1.53. The van der Waals surface area contributed by atoms with Crippen molar-refractivity contribution in [2.45, 2.75) is 13.8 Å². The average molecular weight is 497 g/mol. The molecule has 2 aromatic carbocycles. The summed E-state index contributed by atoms with van der Waals surface area (Å²) in [4.78, 5) is 47.0. The van der Waals surface area contributed by atoms with Crippen LogP contribution in [0.3, 0.4) is 0 Å². The van der Waals surface area contributed by atoms with E-state index in [0.717, 1.165) is 11.1 Å². The molecule has 0 spiro atoms. The third-order valence-corrected chi connectivity index (χ3v) is 5.30. The number of benzene rings is 2. The summed E-state index contributed by atoms with van der Waals surface area (Å²) in [5, 5.41) is 16.3. The van der Waals surface area contributed by atoms with Gasteiger partial charge in [0.1, 0.15) is 0 Å². The summed E-state index contributed by atoms with van der Waals surface area (Å²) in [6.45, 7) is 2.86. The molecular weight excluding hydrogens is 472 g/mol. The van der Waals surface area contributed by atoms with Gasteiger partial charge in [-0.3, -0.25) is 39.6 Å². The Morgan fingerprint density at radius 3 is 1.65 bits per heavy atom. The predicted octanol–water partition coefficient (Wildman–Crippen LogP) is 3.85. The molecule has 2 aromatic heterocycles. The molecule has 0 atom stereocenters. The van der Waals surface area contributed by atoms with E-state index in [-0.39, 0.29) is 22.9 Å². The molecule has 0 saturated heterocycles. The summed E-state index contributed by atoms with van der Waals surface area (Å²) < 4.78 is 0. The maximum atomic E-state index is 12.3. The van der Waals surface area contributed by atoms with Crippen molar-refractivity contribution in [3.8, 4) is 22.5 Å². The second-order valence-electron chi connectivity index (χ2n) is 8.09. The highest BCUT2D eigenvalue weighted by Gasteiger charge is 2.10. The summed E-state index contributed by atoms with van der Waals surface area (Å²) in [5.74, 6) is -0.335. The lowest BCUT2D eigenvalue weighted by atomic mass is 10.1. The Morgan fingerprint density at radius 2 is 1.16 bits per heavy atom. The number of allylic oxidation sites excluding steroid dienone is 2. The van der Waals surface area contributed by atoms with Crippen LogP contribution < -0.4 is 21.8 Å². The molecule has 0 saturated carbocycles. The minimum Gasteiger partial charge on any atom is -0.326 e. The Morgan fingerprint density at radius 1 is 0.703 bits per heavy atom. The van der Waals surface area contributed by atoms with Gasteiger partial charge in [0.05, 0.1) is 22.5 Å². The van der Waals surface area contributed by atoms with Crippen molar-refractivity contribution in [2.75, 3.05) is 10.6 Å². The van der Waals surface area contributed by atoms with E-state index in [0.29, 0.717) is 33.9 Å². The summed E-state index contributed by atoms with van der Waals surface area (Å²) >= 11 is 0. The second-order valence-corrected chi connectivity index (χ2v) is 8.09.